The lowest BCUT2D eigenvalue weighted by atomic mass is 9.88. The molecule has 2 amide bonds. The zero-order chi connectivity index (χ0) is 19.4. The molecule has 0 atom stereocenters. The van der Waals surface area contributed by atoms with Gasteiger partial charge in [0.2, 0.25) is 11.8 Å². The number of carbonyl (C=O) groups excluding carboxylic acids is 2. The molecule has 142 valence electrons. The Bertz CT molecular complexity index is 848. The maximum atomic E-state index is 13.7. The lowest BCUT2D eigenvalue weighted by molar-refractivity contribution is -0.149. The highest BCUT2D eigenvalue weighted by Crippen LogP contribution is 2.25. The maximum Gasteiger partial charge on any atom is 0.238 e. The molecule has 0 saturated heterocycles. The van der Waals surface area contributed by atoms with Gasteiger partial charge in [-0.3, -0.25) is 9.59 Å². The molecule has 0 fully saturated rings. The molecule has 3 rings (SSSR count). The molecule has 0 spiro atoms. The van der Waals surface area contributed by atoms with Gasteiger partial charge in [-0.2, -0.15) is 0 Å². The predicted octanol–water partition coefficient (Wildman–Crippen LogP) is 3.10. The minimum absolute atomic E-state index is 0.180. The van der Waals surface area contributed by atoms with E-state index in [1.807, 2.05) is 18.2 Å². The van der Waals surface area contributed by atoms with Crippen LogP contribution in [0.3, 0.4) is 0 Å². The smallest absolute Gasteiger partial charge is 0.238 e. The summed E-state index contributed by atoms with van der Waals surface area (Å²) in [5.74, 6) is -0.794. The molecule has 0 unspecified atom stereocenters. The standard InChI is InChI=1S/C22H25FN2O2/c1-22(2,20(26)24-13-11-17-8-5-6-10-19(17)23)21(27)25-14-12-16-7-3-4-9-18(16)15-25/h3-10H,11-15H2,1-2H3,(H,24,26). The van der Waals surface area contributed by atoms with Crippen molar-refractivity contribution in [2.75, 3.05) is 13.1 Å². The Morgan fingerprint density at radius 2 is 1.74 bits per heavy atom. The number of nitrogens with one attached hydrogen (secondary N) is 1. The second-order valence-corrected chi connectivity index (χ2v) is 7.47. The van der Waals surface area contributed by atoms with Crippen LogP contribution in [0.1, 0.15) is 30.5 Å². The summed E-state index contributed by atoms with van der Waals surface area (Å²) >= 11 is 0. The third-order valence-corrected chi connectivity index (χ3v) is 5.16. The van der Waals surface area contributed by atoms with Crippen LogP contribution >= 0.6 is 0 Å². The summed E-state index contributed by atoms with van der Waals surface area (Å²) in [5, 5.41) is 2.78. The van der Waals surface area contributed by atoms with Crippen molar-refractivity contribution in [3.63, 3.8) is 0 Å². The second kappa shape index (κ2) is 7.91. The highest BCUT2D eigenvalue weighted by atomic mass is 19.1. The molecule has 4 nitrogen and oxygen atoms in total. The van der Waals surface area contributed by atoms with E-state index in [2.05, 4.69) is 11.4 Å². The van der Waals surface area contributed by atoms with Crippen molar-refractivity contribution in [2.45, 2.75) is 33.2 Å². The fraction of sp³-hybridized carbons (Fsp3) is 0.364. The molecule has 0 saturated carbocycles. The van der Waals surface area contributed by atoms with Gasteiger partial charge in [-0.1, -0.05) is 42.5 Å². The number of hydrogen-bond donors (Lipinski definition) is 1. The van der Waals surface area contributed by atoms with Crippen molar-refractivity contribution in [2.24, 2.45) is 5.41 Å². The first kappa shape index (κ1) is 19.1. The van der Waals surface area contributed by atoms with Crippen LogP contribution in [0.15, 0.2) is 48.5 Å². The van der Waals surface area contributed by atoms with Crippen LogP contribution in [-0.4, -0.2) is 29.8 Å². The Labute approximate surface area is 159 Å². The van der Waals surface area contributed by atoms with Crippen molar-refractivity contribution in [3.05, 3.63) is 71.0 Å². The molecule has 5 heteroatoms. The Kier molecular flexibility index (Phi) is 5.59. The zero-order valence-electron chi connectivity index (χ0n) is 15.8. The van der Waals surface area contributed by atoms with Crippen LogP contribution in [0.25, 0.3) is 0 Å². The highest BCUT2D eigenvalue weighted by Gasteiger charge is 2.39. The predicted molar refractivity (Wildman–Crippen MR) is 102 cm³/mol. The van der Waals surface area contributed by atoms with E-state index in [9.17, 15) is 14.0 Å². The Hall–Kier alpha value is -2.69. The number of rotatable bonds is 5. The van der Waals surface area contributed by atoms with Gasteiger partial charge in [-0.05, 0) is 49.4 Å². The number of halogens is 1. The summed E-state index contributed by atoms with van der Waals surface area (Å²) in [5.41, 5.74) is 1.78. The number of hydrogen-bond acceptors (Lipinski definition) is 2. The van der Waals surface area contributed by atoms with E-state index in [4.69, 9.17) is 0 Å². The van der Waals surface area contributed by atoms with Crippen molar-refractivity contribution in [1.29, 1.82) is 0 Å². The topological polar surface area (TPSA) is 49.4 Å². The second-order valence-electron chi connectivity index (χ2n) is 7.47. The Morgan fingerprint density at radius 3 is 2.48 bits per heavy atom. The van der Waals surface area contributed by atoms with Gasteiger partial charge in [0.25, 0.3) is 0 Å². The molecule has 1 aliphatic heterocycles. The van der Waals surface area contributed by atoms with Gasteiger partial charge in [0.05, 0.1) is 0 Å². The highest BCUT2D eigenvalue weighted by molar-refractivity contribution is 6.04. The van der Waals surface area contributed by atoms with Crippen LogP contribution in [0.5, 0.6) is 0 Å². The van der Waals surface area contributed by atoms with Gasteiger partial charge in [0.15, 0.2) is 0 Å². The van der Waals surface area contributed by atoms with Gasteiger partial charge in [0, 0.05) is 19.6 Å². The average Bonchev–Trinajstić information content (AvgIpc) is 2.68. The lowest BCUT2D eigenvalue weighted by Gasteiger charge is -2.34. The van der Waals surface area contributed by atoms with Crippen LogP contribution in [0.4, 0.5) is 4.39 Å². The molecular formula is C22H25FN2O2. The fourth-order valence-electron chi connectivity index (χ4n) is 3.39. The molecular weight excluding hydrogens is 343 g/mol. The first-order valence-electron chi connectivity index (χ1n) is 9.27. The van der Waals surface area contributed by atoms with Crippen molar-refractivity contribution >= 4 is 11.8 Å². The minimum atomic E-state index is -1.17. The average molecular weight is 368 g/mol. The van der Waals surface area contributed by atoms with E-state index >= 15 is 0 Å². The first-order chi connectivity index (χ1) is 12.9. The number of amides is 2. The summed E-state index contributed by atoms with van der Waals surface area (Å²) in [4.78, 5) is 27.3. The van der Waals surface area contributed by atoms with Gasteiger partial charge >= 0.3 is 0 Å². The third kappa shape index (κ3) is 4.18. The monoisotopic (exact) mass is 368 g/mol. The molecule has 1 heterocycles. The lowest BCUT2D eigenvalue weighted by Crippen LogP contribution is -2.51. The largest absolute Gasteiger partial charge is 0.355 e. The molecule has 0 radical (unpaired) electrons. The molecule has 2 aromatic rings. The van der Waals surface area contributed by atoms with E-state index < -0.39 is 5.41 Å². The molecule has 1 aliphatic rings. The van der Waals surface area contributed by atoms with Crippen LogP contribution in [0.2, 0.25) is 0 Å². The van der Waals surface area contributed by atoms with Crippen LogP contribution in [-0.2, 0) is 29.0 Å². The van der Waals surface area contributed by atoms with Crippen molar-refractivity contribution < 1.29 is 14.0 Å². The molecule has 27 heavy (non-hydrogen) atoms. The molecule has 0 aliphatic carbocycles. The first-order valence-corrected chi connectivity index (χ1v) is 9.27. The Balaban J connectivity index is 1.59. The van der Waals surface area contributed by atoms with E-state index in [1.54, 1.807) is 36.9 Å². The summed E-state index contributed by atoms with van der Waals surface area (Å²) < 4.78 is 13.7. The van der Waals surface area contributed by atoms with Gasteiger partial charge in [-0.15, -0.1) is 0 Å². The van der Waals surface area contributed by atoms with E-state index in [-0.39, 0.29) is 17.6 Å². The molecule has 0 bridgehead atoms. The van der Waals surface area contributed by atoms with Crippen LogP contribution < -0.4 is 5.32 Å². The van der Waals surface area contributed by atoms with Gasteiger partial charge in [-0.25, -0.2) is 4.39 Å². The third-order valence-electron chi connectivity index (χ3n) is 5.16. The molecule has 1 N–H and O–H groups in total. The number of fused-ring (bicyclic) bond motifs is 1. The molecule has 0 aromatic heterocycles. The van der Waals surface area contributed by atoms with Crippen molar-refractivity contribution in [3.8, 4) is 0 Å². The number of benzene rings is 2. The SMILES string of the molecule is CC(C)(C(=O)NCCc1ccccc1F)C(=O)N1CCc2ccccc2C1. The van der Waals surface area contributed by atoms with E-state index in [0.717, 1.165) is 12.0 Å². The summed E-state index contributed by atoms with van der Waals surface area (Å²) in [7, 11) is 0. The van der Waals surface area contributed by atoms with Crippen molar-refractivity contribution in [1.82, 2.24) is 10.2 Å². The molecule has 2 aromatic carbocycles. The number of carbonyl (C=O) groups is 2. The number of nitrogens with zero attached hydrogens (tertiary/aromatic N) is 1. The maximum absolute atomic E-state index is 13.7. The summed E-state index contributed by atoms with van der Waals surface area (Å²) in [6.45, 7) is 4.73. The quantitative estimate of drug-likeness (QED) is 0.825. The summed E-state index contributed by atoms with van der Waals surface area (Å²) in [6, 6.07) is 14.6. The van der Waals surface area contributed by atoms with Gasteiger partial charge < -0.3 is 10.2 Å². The fourth-order valence-corrected chi connectivity index (χ4v) is 3.39. The van der Waals surface area contributed by atoms with E-state index in [1.165, 1.54) is 11.6 Å². The zero-order valence-corrected chi connectivity index (χ0v) is 15.8. The van der Waals surface area contributed by atoms with Crippen LogP contribution in [0, 0.1) is 11.2 Å². The summed E-state index contributed by atoms with van der Waals surface area (Å²) in [6.07, 6.45) is 1.19. The van der Waals surface area contributed by atoms with E-state index in [0.29, 0.717) is 31.6 Å². The van der Waals surface area contributed by atoms with Gasteiger partial charge in [0.1, 0.15) is 11.2 Å². The minimum Gasteiger partial charge on any atom is -0.355 e. The normalized spacial score (nSPS) is 13.8. The Morgan fingerprint density at radius 1 is 1.07 bits per heavy atom.